The van der Waals surface area contributed by atoms with Gasteiger partial charge in [-0.25, -0.2) is 4.79 Å². The maximum absolute atomic E-state index is 12.1. The Morgan fingerprint density at radius 3 is 2.92 bits per heavy atom. The minimum absolute atomic E-state index is 0.225. The van der Waals surface area contributed by atoms with Crippen molar-refractivity contribution in [2.45, 2.75) is 0 Å². The van der Waals surface area contributed by atoms with Crippen LogP contribution >= 0.6 is 0 Å². The number of methoxy groups -OCH3 is 1. The lowest BCUT2D eigenvalue weighted by molar-refractivity contribution is 0.0948. The van der Waals surface area contributed by atoms with Gasteiger partial charge in [0.25, 0.3) is 5.91 Å². The van der Waals surface area contributed by atoms with Crippen LogP contribution in [0.1, 0.15) is 10.4 Å². The summed E-state index contributed by atoms with van der Waals surface area (Å²) in [7, 11) is 1.61. The molecule has 0 radical (unpaired) electrons. The van der Waals surface area contributed by atoms with Gasteiger partial charge >= 0.3 is 6.09 Å². The highest BCUT2D eigenvalue weighted by molar-refractivity contribution is 5.94. The molecular weight excluding hydrogens is 322 g/mol. The molecule has 1 aliphatic rings. The summed E-state index contributed by atoms with van der Waals surface area (Å²) in [6, 6.07) is 11.1. The smallest absolute Gasteiger partial charge is 0.409 e. The van der Waals surface area contributed by atoms with Crippen LogP contribution in [0, 0.1) is 0 Å². The van der Waals surface area contributed by atoms with E-state index < -0.39 is 0 Å². The fourth-order valence-electron chi connectivity index (χ4n) is 2.52. The SMILES string of the molecule is COc1cccc(-c2ccc(C(=O)NCCN3CCOC3=O)cn2)c1. The highest BCUT2D eigenvalue weighted by atomic mass is 16.6. The number of nitrogens with zero attached hydrogens (tertiary/aromatic N) is 2. The Hall–Kier alpha value is -3.09. The number of nitrogens with one attached hydrogen (secondary N) is 1. The van der Waals surface area contributed by atoms with Crippen molar-refractivity contribution in [3.05, 3.63) is 48.2 Å². The summed E-state index contributed by atoms with van der Waals surface area (Å²) in [6.45, 7) is 1.76. The molecule has 1 fully saturated rings. The standard InChI is InChI=1S/C18H19N3O4/c1-24-15-4-2-3-13(11-15)16-6-5-14(12-20-16)17(22)19-7-8-21-9-10-25-18(21)23/h2-6,11-12H,7-10H2,1H3,(H,19,22). The van der Waals surface area contributed by atoms with Crippen LogP contribution in [0.4, 0.5) is 4.79 Å². The number of benzene rings is 1. The zero-order chi connectivity index (χ0) is 17.6. The predicted octanol–water partition coefficient (Wildman–Crippen LogP) is 1.94. The summed E-state index contributed by atoms with van der Waals surface area (Å²) in [5, 5.41) is 2.78. The molecule has 2 heterocycles. The van der Waals surface area contributed by atoms with Gasteiger partial charge in [0.15, 0.2) is 0 Å². The summed E-state index contributed by atoms with van der Waals surface area (Å²) in [6.07, 6.45) is 1.20. The van der Waals surface area contributed by atoms with Crippen molar-refractivity contribution in [3.8, 4) is 17.0 Å². The quantitative estimate of drug-likeness (QED) is 0.868. The Morgan fingerprint density at radius 1 is 1.36 bits per heavy atom. The number of carbonyl (C=O) groups is 2. The summed E-state index contributed by atoms with van der Waals surface area (Å²) in [5.41, 5.74) is 2.14. The van der Waals surface area contributed by atoms with E-state index in [2.05, 4.69) is 10.3 Å². The molecule has 7 nitrogen and oxygen atoms in total. The Morgan fingerprint density at radius 2 is 2.24 bits per heavy atom. The molecule has 1 aromatic carbocycles. The largest absolute Gasteiger partial charge is 0.497 e. The third-order valence-corrected chi connectivity index (χ3v) is 3.90. The molecule has 130 valence electrons. The third kappa shape index (κ3) is 4.06. The Labute approximate surface area is 145 Å². The minimum atomic E-state index is -0.335. The molecular formula is C18H19N3O4. The summed E-state index contributed by atoms with van der Waals surface area (Å²) >= 11 is 0. The second-order valence-corrected chi connectivity index (χ2v) is 5.52. The molecule has 1 saturated heterocycles. The molecule has 7 heteroatoms. The van der Waals surface area contributed by atoms with Crippen LogP contribution in [-0.4, -0.2) is 55.2 Å². The van der Waals surface area contributed by atoms with Gasteiger partial charge in [0.2, 0.25) is 0 Å². The predicted molar refractivity (Wildman–Crippen MR) is 91.5 cm³/mol. The molecule has 0 saturated carbocycles. The van der Waals surface area contributed by atoms with Gasteiger partial charge in [0, 0.05) is 24.8 Å². The average molecular weight is 341 g/mol. The minimum Gasteiger partial charge on any atom is -0.497 e. The molecule has 0 atom stereocenters. The van der Waals surface area contributed by atoms with E-state index in [4.69, 9.17) is 9.47 Å². The van der Waals surface area contributed by atoms with Crippen LogP contribution < -0.4 is 10.1 Å². The molecule has 0 bridgehead atoms. The summed E-state index contributed by atoms with van der Waals surface area (Å²) in [4.78, 5) is 29.4. The first-order valence-electron chi connectivity index (χ1n) is 7.98. The number of carbonyl (C=O) groups excluding carboxylic acids is 2. The molecule has 25 heavy (non-hydrogen) atoms. The van der Waals surface area contributed by atoms with Gasteiger partial charge < -0.3 is 19.7 Å². The van der Waals surface area contributed by atoms with Gasteiger partial charge in [0.1, 0.15) is 12.4 Å². The van der Waals surface area contributed by atoms with Crippen LogP contribution in [0.5, 0.6) is 5.75 Å². The van der Waals surface area contributed by atoms with Gasteiger partial charge in [-0.05, 0) is 24.3 Å². The maximum Gasteiger partial charge on any atom is 0.409 e. The van der Waals surface area contributed by atoms with Crippen LogP contribution in [0.15, 0.2) is 42.6 Å². The Kier molecular flexibility index (Phi) is 5.13. The highest BCUT2D eigenvalue weighted by Crippen LogP contribution is 2.22. The third-order valence-electron chi connectivity index (χ3n) is 3.90. The van der Waals surface area contributed by atoms with Crippen LogP contribution in [-0.2, 0) is 4.74 Å². The lowest BCUT2D eigenvalue weighted by Crippen LogP contribution is -2.35. The van der Waals surface area contributed by atoms with E-state index in [1.807, 2.05) is 24.3 Å². The number of amides is 2. The number of aromatic nitrogens is 1. The van der Waals surface area contributed by atoms with E-state index in [9.17, 15) is 9.59 Å². The molecule has 2 aromatic rings. The first-order valence-corrected chi connectivity index (χ1v) is 7.98. The normalized spacial score (nSPS) is 13.5. The van der Waals surface area contributed by atoms with Gasteiger partial charge in [-0.3, -0.25) is 9.78 Å². The zero-order valence-corrected chi connectivity index (χ0v) is 13.9. The van der Waals surface area contributed by atoms with Gasteiger partial charge in [-0.2, -0.15) is 0 Å². The average Bonchev–Trinajstić information content (AvgIpc) is 3.07. The fourth-order valence-corrected chi connectivity index (χ4v) is 2.52. The van der Waals surface area contributed by atoms with Crippen molar-refractivity contribution >= 4 is 12.0 Å². The summed E-state index contributed by atoms with van der Waals surface area (Å²) in [5.74, 6) is 0.527. The first-order chi connectivity index (χ1) is 12.2. The molecule has 1 aromatic heterocycles. The van der Waals surface area contributed by atoms with Crippen molar-refractivity contribution in [1.29, 1.82) is 0 Å². The molecule has 3 rings (SSSR count). The van der Waals surface area contributed by atoms with Gasteiger partial charge in [-0.1, -0.05) is 12.1 Å². The van der Waals surface area contributed by atoms with Crippen LogP contribution in [0.3, 0.4) is 0 Å². The van der Waals surface area contributed by atoms with Gasteiger partial charge in [-0.15, -0.1) is 0 Å². The summed E-state index contributed by atoms with van der Waals surface area (Å²) < 4.78 is 10.0. The number of hydrogen-bond donors (Lipinski definition) is 1. The van der Waals surface area contributed by atoms with Crippen molar-refractivity contribution in [2.24, 2.45) is 0 Å². The monoisotopic (exact) mass is 341 g/mol. The van der Waals surface area contributed by atoms with Crippen LogP contribution in [0.2, 0.25) is 0 Å². The zero-order valence-electron chi connectivity index (χ0n) is 13.9. The van der Waals surface area contributed by atoms with E-state index in [-0.39, 0.29) is 12.0 Å². The molecule has 0 spiro atoms. The lowest BCUT2D eigenvalue weighted by atomic mass is 10.1. The maximum atomic E-state index is 12.1. The van der Waals surface area contributed by atoms with Crippen molar-refractivity contribution in [3.63, 3.8) is 0 Å². The Bertz CT molecular complexity index is 761. The van der Waals surface area contributed by atoms with E-state index in [1.165, 1.54) is 6.20 Å². The van der Waals surface area contributed by atoms with Gasteiger partial charge in [0.05, 0.1) is 24.9 Å². The Balaban J connectivity index is 1.57. The highest BCUT2D eigenvalue weighted by Gasteiger charge is 2.21. The van der Waals surface area contributed by atoms with Crippen molar-refractivity contribution < 1.29 is 19.1 Å². The number of hydrogen-bond acceptors (Lipinski definition) is 5. The number of pyridine rings is 1. The lowest BCUT2D eigenvalue weighted by Gasteiger charge is -2.12. The van der Waals surface area contributed by atoms with Crippen molar-refractivity contribution in [2.75, 3.05) is 33.4 Å². The number of rotatable bonds is 6. The molecule has 2 amide bonds. The first kappa shape index (κ1) is 16.8. The second kappa shape index (κ2) is 7.65. The van der Waals surface area contributed by atoms with E-state index in [1.54, 1.807) is 24.1 Å². The number of cyclic esters (lactones) is 1. The molecule has 1 aliphatic heterocycles. The molecule has 0 unspecified atom stereocenters. The fraction of sp³-hybridized carbons (Fsp3) is 0.278. The second-order valence-electron chi connectivity index (χ2n) is 5.52. The van der Waals surface area contributed by atoms with Crippen molar-refractivity contribution in [1.82, 2.24) is 15.2 Å². The molecule has 0 aliphatic carbocycles. The number of ether oxygens (including phenoxy) is 2. The van der Waals surface area contributed by atoms with E-state index in [0.717, 1.165) is 17.0 Å². The van der Waals surface area contributed by atoms with E-state index >= 15 is 0 Å². The topological polar surface area (TPSA) is 80.8 Å². The van der Waals surface area contributed by atoms with E-state index in [0.29, 0.717) is 31.8 Å². The molecule has 1 N–H and O–H groups in total. The van der Waals surface area contributed by atoms with Crippen LogP contribution in [0.25, 0.3) is 11.3 Å².